The van der Waals surface area contributed by atoms with Gasteiger partial charge in [0.2, 0.25) is 11.9 Å². The van der Waals surface area contributed by atoms with E-state index in [1.54, 1.807) is 0 Å². The van der Waals surface area contributed by atoms with E-state index in [9.17, 15) is 9.59 Å². The highest BCUT2D eigenvalue weighted by Crippen LogP contribution is 2.11. The minimum atomic E-state index is -0.168. The Kier molecular flexibility index (Phi) is 7.63. The molecule has 8 nitrogen and oxygen atoms in total. The van der Waals surface area contributed by atoms with Crippen molar-refractivity contribution in [3.63, 3.8) is 0 Å². The molecule has 1 aromatic heterocycles. The number of carbonyl (C=O) groups is 1. The second kappa shape index (κ2) is 10.6. The van der Waals surface area contributed by atoms with Crippen LogP contribution in [-0.4, -0.2) is 55.3 Å². The summed E-state index contributed by atoms with van der Waals surface area (Å²) in [5.74, 6) is 0.524. The number of H-pyrrole nitrogens is 1. The Morgan fingerprint density at radius 1 is 1.21 bits per heavy atom. The van der Waals surface area contributed by atoms with Crippen LogP contribution < -0.4 is 21.1 Å². The number of aromatic nitrogens is 2. The topological polar surface area (TPSA) is 99.4 Å². The Morgan fingerprint density at radius 3 is 2.69 bits per heavy atom. The van der Waals surface area contributed by atoms with Crippen molar-refractivity contribution in [3.8, 4) is 0 Å². The molecule has 0 unspecified atom stereocenters. The van der Waals surface area contributed by atoms with E-state index >= 15 is 0 Å². The Morgan fingerprint density at radius 2 is 1.97 bits per heavy atom. The van der Waals surface area contributed by atoms with Crippen molar-refractivity contribution < 1.29 is 9.53 Å². The maximum absolute atomic E-state index is 12.5. The summed E-state index contributed by atoms with van der Waals surface area (Å²) in [4.78, 5) is 33.9. The number of hydrogen-bond donors (Lipinski definition) is 3. The van der Waals surface area contributed by atoms with Gasteiger partial charge in [-0.1, -0.05) is 18.2 Å². The van der Waals surface area contributed by atoms with Gasteiger partial charge in [-0.3, -0.25) is 14.6 Å². The van der Waals surface area contributed by atoms with Crippen LogP contribution in [0.4, 0.5) is 11.6 Å². The van der Waals surface area contributed by atoms with Crippen molar-refractivity contribution in [2.45, 2.75) is 26.2 Å². The fourth-order valence-electron chi connectivity index (χ4n) is 3.25. The normalized spacial score (nSPS) is 13.9. The Hall–Kier alpha value is -2.87. The van der Waals surface area contributed by atoms with Gasteiger partial charge in [0, 0.05) is 49.5 Å². The first-order chi connectivity index (χ1) is 14.1. The van der Waals surface area contributed by atoms with Gasteiger partial charge >= 0.3 is 0 Å². The first-order valence-electron chi connectivity index (χ1n) is 10.1. The van der Waals surface area contributed by atoms with E-state index in [-0.39, 0.29) is 17.9 Å². The third kappa shape index (κ3) is 6.32. The molecule has 29 heavy (non-hydrogen) atoms. The molecule has 1 aromatic carbocycles. The molecule has 3 rings (SSSR count). The molecule has 2 aromatic rings. The number of hydrogen-bond acceptors (Lipinski definition) is 6. The zero-order valence-corrected chi connectivity index (χ0v) is 16.9. The highest BCUT2D eigenvalue weighted by molar-refractivity contribution is 5.76. The third-order valence-electron chi connectivity index (χ3n) is 4.90. The van der Waals surface area contributed by atoms with Gasteiger partial charge in [-0.2, -0.15) is 0 Å². The molecule has 1 aliphatic rings. The molecule has 8 heteroatoms. The number of benzene rings is 1. The Balaban J connectivity index is 1.40. The van der Waals surface area contributed by atoms with Crippen molar-refractivity contribution >= 4 is 17.5 Å². The molecule has 0 spiro atoms. The van der Waals surface area contributed by atoms with Crippen LogP contribution >= 0.6 is 0 Å². The summed E-state index contributed by atoms with van der Waals surface area (Å²) in [5.41, 5.74) is 2.15. The number of carbonyl (C=O) groups excluding carboxylic acids is 1. The lowest BCUT2D eigenvalue weighted by molar-refractivity contribution is -0.121. The predicted octanol–water partition coefficient (Wildman–Crippen LogP) is 1.47. The zero-order valence-electron chi connectivity index (χ0n) is 16.9. The van der Waals surface area contributed by atoms with Crippen LogP contribution in [0.25, 0.3) is 0 Å². The number of para-hydroxylation sites is 1. The van der Waals surface area contributed by atoms with Gasteiger partial charge in [-0.05, 0) is 31.9 Å². The van der Waals surface area contributed by atoms with E-state index in [2.05, 4.69) is 20.6 Å². The summed E-state index contributed by atoms with van der Waals surface area (Å²) in [6, 6.07) is 9.96. The number of aromatic amines is 1. The summed E-state index contributed by atoms with van der Waals surface area (Å²) in [5, 5.41) is 6.21. The fraction of sp³-hybridized carbons (Fsp3) is 0.476. The van der Waals surface area contributed by atoms with Gasteiger partial charge in [0.15, 0.2) is 0 Å². The van der Waals surface area contributed by atoms with Crippen molar-refractivity contribution in [3.05, 3.63) is 51.9 Å². The highest BCUT2D eigenvalue weighted by Gasteiger charge is 2.16. The number of rotatable bonds is 9. The van der Waals surface area contributed by atoms with E-state index in [4.69, 9.17) is 4.74 Å². The maximum Gasteiger partial charge on any atom is 0.255 e. The molecule has 1 saturated heterocycles. The Labute approximate surface area is 170 Å². The van der Waals surface area contributed by atoms with Crippen molar-refractivity contribution in [1.29, 1.82) is 0 Å². The largest absolute Gasteiger partial charge is 0.385 e. The molecule has 0 aliphatic carbocycles. The monoisotopic (exact) mass is 399 g/mol. The fourth-order valence-corrected chi connectivity index (χ4v) is 3.25. The highest BCUT2D eigenvalue weighted by atomic mass is 16.5. The minimum absolute atomic E-state index is 0.0548. The van der Waals surface area contributed by atoms with Crippen LogP contribution in [0.5, 0.6) is 0 Å². The molecular weight excluding hydrogens is 370 g/mol. The standard InChI is InChI=1S/C21H29N5O3/c1-16-18(20(28)25-21(24-16)26-12-14-29-15-13-26)8-9-19(27)23-11-5-10-22-17-6-3-2-4-7-17/h2-4,6-7,22H,5,8-15H2,1H3,(H,23,27)(H,24,25,28). The number of amides is 1. The summed E-state index contributed by atoms with van der Waals surface area (Å²) >= 11 is 0. The van der Waals surface area contributed by atoms with Gasteiger partial charge in [0.1, 0.15) is 0 Å². The van der Waals surface area contributed by atoms with Crippen LogP contribution in [0.3, 0.4) is 0 Å². The lowest BCUT2D eigenvalue weighted by Crippen LogP contribution is -2.38. The summed E-state index contributed by atoms with van der Waals surface area (Å²) < 4.78 is 5.33. The average Bonchev–Trinajstić information content (AvgIpc) is 2.74. The van der Waals surface area contributed by atoms with E-state index in [1.165, 1.54) is 0 Å². The Bertz CT molecular complexity index is 847. The molecule has 1 aliphatic heterocycles. The van der Waals surface area contributed by atoms with Crippen LogP contribution in [-0.2, 0) is 16.0 Å². The quantitative estimate of drug-likeness (QED) is 0.552. The molecule has 0 bridgehead atoms. The van der Waals surface area contributed by atoms with E-state index in [0.29, 0.717) is 56.5 Å². The summed E-state index contributed by atoms with van der Waals surface area (Å²) in [7, 11) is 0. The molecule has 156 valence electrons. The molecule has 3 N–H and O–H groups in total. The SMILES string of the molecule is Cc1nc(N2CCOCC2)[nH]c(=O)c1CCC(=O)NCCCNc1ccccc1. The number of nitrogens with zero attached hydrogens (tertiary/aromatic N) is 2. The molecule has 0 radical (unpaired) electrons. The second-order valence-electron chi connectivity index (χ2n) is 7.05. The number of morpholine rings is 1. The van der Waals surface area contributed by atoms with Gasteiger partial charge in [0.05, 0.1) is 13.2 Å². The minimum Gasteiger partial charge on any atom is -0.385 e. The third-order valence-corrected chi connectivity index (χ3v) is 4.90. The molecule has 0 atom stereocenters. The number of aryl methyl sites for hydroxylation is 1. The zero-order chi connectivity index (χ0) is 20.5. The van der Waals surface area contributed by atoms with Crippen molar-refractivity contribution in [1.82, 2.24) is 15.3 Å². The van der Waals surface area contributed by atoms with Crippen molar-refractivity contribution in [2.24, 2.45) is 0 Å². The molecule has 1 fully saturated rings. The van der Waals surface area contributed by atoms with Crippen LogP contribution in [0.1, 0.15) is 24.1 Å². The average molecular weight is 399 g/mol. The second-order valence-corrected chi connectivity index (χ2v) is 7.05. The molecular formula is C21H29N5O3. The molecule has 1 amide bonds. The van der Waals surface area contributed by atoms with E-state index in [1.807, 2.05) is 42.2 Å². The summed E-state index contributed by atoms with van der Waals surface area (Å²) in [6.07, 6.45) is 1.48. The van der Waals surface area contributed by atoms with E-state index < -0.39 is 0 Å². The van der Waals surface area contributed by atoms with Gasteiger partial charge in [-0.25, -0.2) is 4.98 Å². The van der Waals surface area contributed by atoms with Gasteiger partial charge < -0.3 is 20.3 Å². The number of anilines is 2. The smallest absolute Gasteiger partial charge is 0.255 e. The van der Waals surface area contributed by atoms with Crippen LogP contribution in [0, 0.1) is 6.92 Å². The number of nitrogens with one attached hydrogen (secondary N) is 3. The van der Waals surface area contributed by atoms with Crippen LogP contribution in [0.2, 0.25) is 0 Å². The predicted molar refractivity (Wildman–Crippen MR) is 114 cm³/mol. The number of ether oxygens (including phenoxy) is 1. The molecule has 2 heterocycles. The van der Waals surface area contributed by atoms with Gasteiger partial charge in [-0.15, -0.1) is 0 Å². The lowest BCUT2D eigenvalue weighted by Gasteiger charge is -2.27. The van der Waals surface area contributed by atoms with Crippen LogP contribution in [0.15, 0.2) is 35.1 Å². The summed E-state index contributed by atoms with van der Waals surface area (Å²) in [6.45, 7) is 5.89. The van der Waals surface area contributed by atoms with Gasteiger partial charge in [0.25, 0.3) is 5.56 Å². The lowest BCUT2D eigenvalue weighted by atomic mass is 10.1. The maximum atomic E-state index is 12.5. The molecule has 0 saturated carbocycles. The van der Waals surface area contributed by atoms with Crippen molar-refractivity contribution in [2.75, 3.05) is 49.6 Å². The van der Waals surface area contributed by atoms with E-state index in [0.717, 1.165) is 18.7 Å². The first-order valence-corrected chi connectivity index (χ1v) is 10.1. The first kappa shape index (κ1) is 20.9.